The Morgan fingerprint density at radius 1 is 0.795 bits per heavy atom. The average molecular weight is 613 g/mol. The van der Waals surface area contributed by atoms with Crippen LogP contribution in [0.4, 0.5) is 23.2 Å². The molecule has 0 radical (unpaired) electrons. The number of rotatable bonds is 7. The molecular formula is C33H36F4N4O3. The number of nitrogens with one attached hydrogen (secondary N) is 2. The van der Waals surface area contributed by atoms with Crippen LogP contribution in [0.15, 0.2) is 60.7 Å². The van der Waals surface area contributed by atoms with Crippen molar-refractivity contribution in [3.8, 4) is 22.6 Å². The first-order valence-electron chi connectivity index (χ1n) is 15.1. The Hall–Kier alpha value is -3.83. The van der Waals surface area contributed by atoms with E-state index < -0.39 is 11.7 Å². The number of ether oxygens (including phenoxy) is 2. The van der Waals surface area contributed by atoms with Crippen LogP contribution in [0.3, 0.4) is 0 Å². The molecule has 3 heterocycles. The van der Waals surface area contributed by atoms with Gasteiger partial charge in [-0.25, -0.2) is 4.39 Å². The fraction of sp³-hybridized carbons (Fsp3) is 0.424. The maximum Gasteiger partial charge on any atom is 0.416 e. The minimum atomic E-state index is -4.44. The van der Waals surface area contributed by atoms with Gasteiger partial charge in [-0.3, -0.25) is 4.79 Å². The number of likely N-dealkylation sites (tertiary alicyclic amines) is 1. The summed E-state index contributed by atoms with van der Waals surface area (Å²) in [6.07, 6.45) is -2.66. The highest BCUT2D eigenvalue weighted by molar-refractivity contribution is 5.96. The molecule has 3 fully saturated rings. The van der Waals surface area contributed by atoms with Gasteiger partial charge in [-0.15, -0.1) is 0 Å². The first-order valence-corrected chi connectivity index (χ1v) is 15.1. The molecule has 3 aliphatic rings. The summed E-state index contributed by atoms with van der Waals surface area (Å²) in [7, 11) is 0. The van der Waals surface area contributed by atoms with Gasteiger partial charge in [0.1, 0.15) is 29.5 Å². The maximum absolute atomic E-state index is 14.4. The summed E-state index contributed by atoms with van der Waals surface area (Å²) in [5, 5.41) is 6.54. The van der Waals surface area contributed by atoms with E-state index in [2.05, 4.69) is 15.5 Å². The van der Waals surface area contributed by atoms with Crippen LogP contribution in [0.5, 0.6) is 11.5 Å². The first kappa shape index (κ1) is 30.2. The lowest BCUT2D eigenvalue weighted by Crippen LogP contribution is -2.43. The molecule has 0 saturated carbocycles. The molecule has 3 aromatic carbocycles. The zero-order valence-corrected chi connectivity index (χ0v) is 24.3. The highest BCUT2D eigenvalue weighted by Crippen LogP contribution is 2.36. The summed E-state index contributed by atoms with van der Waals surface area (Å²) in [6.45, 7) is 5.72. The van der Waals surface area contributed by atoms with Gasteiger partial charge in [-0.2, -0.15) is 13.2 Å². The second-order valence-electron chi connectivity index (χ2n) is 11.5. The molecule has 3 aromatic rings. The topological polar surface area (TPSA) is 66.1 Å². The van der Waals surface area contributed by atoms with Crippen molar-refractivity contribution in [3.63, 3.8) is 0 Å². The smallest absolute Gasteiger partial charge is 0.416 e. The van der Waals surface area contributed by atoms with E-state index in [4.69, 9.17) is 9.47 Å². The van der Waals surface area contributed by atoms with Crippen molar-refractivity contribution in [2.75, 3.05) is 57.3 Å². The molecular weight excluding hydrogens is 576 g/mol. The molecule has 11 heteroatoms. The number of benzene rings is 3. The molecule has 0 aromatic heterocycles. The largest absolute Gasteiger partial charge is 0.490 e. The van der Waals surface area contributed by atoms with E-state index in [1.807, 2.05) is 6.07 Å². The van der Waals surface area contributed by atoms with Crippen LogP contribution < -0.4 is 25.0 Å². The molecule has 1 amide bonds. The summed E-state index contributed by atoms with van der Waals surface area (Å²) in [5.41, 5.74) is 1.60. The van der Waals surface area contributed by atoms with E-state index in [1.54, 1.807) is 23.1 Å². The number of hydrogen-bond acceptors (Lipinski definition) is 6. The maximum atomic E-state index is 14.4. The molecule has 234 valence electrons. The molecule has 7 nitrogen and oxygen atoms in total. The lowest BCUT2D eigenvalue weighted by Gasteiger charge is -2.33. The van der Waals surface area contributed by atoms with Gasteiger partial charge in [0.25, 0.3) is 5.91 Å². The molecule has 0 bridgehead atoms. The molecule has 44 heavy (non-hydrogen) atoms. The van der Waals surface area contributed by atoms with Gasteiger partial charge in [0.15, 0.2) is 0 Å². The minimum Gasteiger partial charge on any atom is -0.490 e. The van der Waals surface area contributed by atoms with E-state index in [9.17, 15) is 22.4 Å². The first-order chi connectivity index (χ1) is 21.2. The number of piperidine rings is 1. The Kier molecular flexibility index (Phi) is 8.95. The van der Waals surface area contributed by atoms with Crippen LogP contribution in [0.1, 0.15) is 35.2 Å². The number of amides is 1. The average Bonchev–Trinajstić information content (AvgIpc) is 3.54. The molecule has 6 rings (SSSR count). The normalized spacial score (nSPS) is 19.7. The van der Waals surface area contributed by atoms with Crippen molar-refractivity contribution in [1.82, 2.24) is 15.5 Å². The van der Waals surface area contributed by atoms with E-state index >= 15 is 0 Å². The highest BCUT2D eigenvalue weighted by atomic mass is 19.4. The fourth-order valence-electron chi connectivity index (χ4n) is 6.01. The lowest BCUT2D eigenvalue weighted by atomic mass is 9.99. The third-order valence-corrected chi connectivity index (χ3v) is 8.43. The number of piperazine rings is 1. The van der Waals surface area contributed by atoms with Gasteiger partial charge in [0.2, 0.25) is 0 Å². The van der Waals surface area contributed by atoms with Crippen LogP contribution in [0.25, 0.3) is 11.1 Å². The van der Waals surface area contributed by atoms with Gasteiger partial charge in [0.05, 0.1) is 5.56 Å². The van der Waals surface area contributed by atoms with Crippen molar-refractivity contribution in [2.24, 2.45) is 0 Å². The predicted molar refractivity (Wildman–Crippen MR) is 160 cm³/mol. The number of nitrogens with zero attached hydrogens (tertiary/aromatic N) is 2. The third-order valence-electron chi connectivity index (χ3n) is 8.43. The van der Waals surface area contributed by atoms with Gasteiger partial charge in [-0.1, -0.05) is 12.1 Å². The second-order valence-corrected chi connectivity index (χ2v) is 11.5. The fourth-order valence-corrected chi connectivity index (χ4v) is 6.01. The molecule has 0 aliphatic carbocycles. The Morgan fingerprint density at radius 2 is 1.55 bits per heavy atom. The quantitative estimate of drug-likeness (QED) is 0.351. The van der Waals surface area contributed by atoms with Crippen molar-refractivity contribution in [3.05, 3.63) is 77.6 Å². The lowest BCUT2D eigenvalue weighted by molar-refractivity contribution is -0.137. The molecule has 0 spiro atoms. The molecule has 2 N–H and O–H groups in total. The molecule has 1 atom stereocenters. The van der Waals surface area contributed by atoms with Crippen molar-refractivity contribution in [1.29, 1.82) is 0 Å². The van der Waals surface area contributed by atoms with E-state index in [0.29, 0.717) is 60.7 Å². The van der Waals surface area contributed by atoms with Crippen molar-refractivity contribution >= 4 is 11.6 Å². The zero-order chi connectivity index (χ0) is 30.7. The number of carbonyl (C=O) groups excluding carboxylic acids is 1. The Labute approximate surface area is 254 Å². The SMILES string of the molecule is O=C(c1ccc(O[C@H]2CCNC2)c(-c2ccc(C(F)(F)F)cc2)c1)N1CCC(Oc2cc(F)cc(N3CCNCC3)c2)CC1. The van der Waals surface area contributed by atoms with E-state index in [0.717, 1.165) is 57.0 Å². The van der Waals surface area contributed by atoms with Crippen LogP contribution >= 0.6 is 0 Å². The summed E-state index contributed by atoms with van der Waals surface area (Å²) < 4.78 is 66.4. The van der Waals surface area contributed by atoms with Crippen LogP contribution in [-0.4, -0.2) is 75.4 Å². The Balaban J connectivity index is 1.14. The van der Waals surface area contributed by atoms with Gasteiger partial charge < -0.3 is 29.9 Å². The molecule has 3 aliphatic heterocycles. The van der Waals surface area contributed by atoms with Crippen LogP contribution in [-0.2, 0) is 6.18 Å². The zero-order valence-electron chi connectivity index (χ0n) is 24.3. The number of anilines is 1. The Morgan fingerprint density at radius 3 is 2.23 bits per heavy atom. The van der Waals surface area contributed by atoms with E-state index in [-0.39, 0.29) is 23.9 Å². The predicted octanol–water partition coefficient (Wildman–Crippen LogP) is 5.35. The number of hydrogen-bond donors (Lipinski definition) is 2. The monoisotopic (exact) mass is 612 g/mol. The standard InChI is InChI=1S/C33H36F4N4O3/c34-25-18-26(40-15-11-38-12-16-40)20-29(19-25)43-27-8-13-41(14-9-27)32(42)23-3-6-31(44-28-7-10-39-21-28)30(17-23)22-1-4-24(5-2-22)33(35,36)37/h1-6,17-20,27-28,38-39H,7-16,21H2/t28-/m0/s1. The summed E-state index contributed by atoms with van der Waals surface area (Å²) >= 11 is 0. The molecule has 0 unspecified atom stereocenters. The van der Waals surface area contributed by atoms with Gasteiger partial charge >= 0.3 is 6.18 Å². The number of halogens is 4. The van der Waals surface area contributed by atoms with Crippen molar-refractivity contribution in [2.45, 2.75) is 37.6 Å². The second kappa shape index (κ2) is 13.0. The summed E-state index contributed by atoms with van der Waals surface area (Å²) in [6, 6.07) is 14.9. The highest BCUT2D eigenvalue weighted by Gasteiger charge is 2.31. The van der Waals surface area contributed by atoms with Crippen LogP contribution in [0.2, 0.25) is 0 Å². The number of carbonyl (C=O) groups is 1. The minimum absolute atomic E-state index is 0.0604. The Bertz CT molecular complexity index is 1450. The van der Waals surface area contributed by atoms with E-state index in [1.165, 1.54) is 24.3 Å². The van der Waals surface area contributed by atoms with Crippen LogP contribution in [0, 0.1) is 5.82 Å². The summed E-state index contributed by atoms with van der Waals surface area (Å²) in [5.74, 6) is 0.497. The van der Waals surface area contributed by atoms with Crippen molar-refractivity contribution < 1.29 is 31.8 Å². The van der Waals surface area contributed by atoms with Gasteiger partial charge in [0, 0.05) is 87.6 Å². The number of alkyl halides is 3. The summed E-state index contributed by atoms with van der Waals surface area (Å²) in [4.78, 5) is 17.5. The third kappa shape index (κ3) is 7.10. The molecule has 3 saturated heterocycles. The van der Waals surface area contributed by atoms with Gasteiger partial charge in [-0.05, 0) is 54.9 Å².